The number of carboxylic acids is 1. The van der Waals surface area contributed by atoms with E-state index in [9.17, 15) is 24.6 Å². The minimum Gasteiger partial charge on any atom is -0.504 e. The van der Waals surface area contributed by atoms with Crippen LogP contribution in [0, 0.1) is 0 Å². The second-order valence-electron chi connectivity index (χ2n) is 9.90. The minimum atomic E-state index is -1.31. The summed E-state index contributed by atoms with van der Waals surface area (Å²) in [4.78, 5) is 37.5. The van der Waals surface area contributed by atoms with E-state index in [1.54, 1.807) is 12.1 Å². The van der Waals surface area contributed by atoms with Gasteiger partial charge in [-0.05, 0) is 57.5 Å². The van der Waals surface area contributed by atoms with Crippen LogP contribution in [-0.4, -0.2) is 75.6 Å². The predicted octanol–water partition coefficient (Wildman–Crippen LogP) is 2.04. The third-order valence-corrected chi connectivity index (χ3v) is 8.00. The van der Waals surface area contributed by atoms with Crippen LogP contribution < -0.4 is 4.74 Å². The number of likely N-dealkylation sites (N-methyl/N-ethyl adjacent to an activating group) is 1. The lowest BCUT2D eigenvalue weighted by Gasteiger charge is -2.56. The van der Waals surface area contributed by atoms with Crippen LogP contribution in [0.2, 0.25) is 0 Å². The van der Waals surface area contributed by atoms with Crippen LogP contribution >= 0.6 is 0 Å². The number of aliphatic carboxylic acids is 1. The molecular formula is C26H33NO9. The number of nitrogens with zero attached hydrogens (tertiary/aromatic N) is 1. The van der Waals surface area contributed by atoms with Crippen molar-refractivity contribution in [3.8, 4) is 11.5 Å². The fourth-order valence-electron chi connectivity index (χ4n) is 6.39. The first-order valence-electron chi connectivity index (χ1n) is 11.9. The van der Waals surface area contributed by atoms with E-state index in [1.807, 2.05) is 13.1 Å². The number of likely N-dealkylation sites (tertiary alicyclic amines) is 1. The molecule has 1 aromatic carbocycles. The monoisotopic (exact) mass is 503 g/mol. The molecule has 1 fully saturated rings. The number of esters is 2. The van der Waals surface area contributed by atoms with E-state index < -0.39 is 41.1 Å². The molecule has 2 aliphatic carbocycles. The molecule has 1 spiro atoms. The Morgan fingerprint density at radius 3 is 2.69 bits per heavy atom. The molecule has 10 heteroatoms. The molecule has 3 N–H and O–H groups in total. The summed E-state index contributed by atoms with van der Waals surface area (Å²) in [5.41, 5.74) is -0.262. The molecule has 36 heavy (non-hydrogen) atoms. The van der Waals surface area contributed by atoms with Gasteiger partial charge in [0.15, 0.2) is 23.7 Å². The number of carbonyl (C=O) groups is 3. The van der Waals surface area contributed by atoms with Gasteiger partial charge in [-0.2, -0.15) is 0 Å². The maximum Gasteiger partial charge on any atom is 0.344 e. The Kier molecular flexibility index (Phi) is 6.55. The van der Waals surface area contributed by atoms with Crippen molar-refractivity contribution >= 4 is 17.9 Å². The highest BCUT2D eigenvalue weighted by Crippen LogP contribution is 2.64. The lowest BCUT2D eigenvalue weighted by Crippen LogP contribution is -2.69. The summed E-state index contributed by atoms with van der Waals surface area (Å²) in [6.45, 7) is 2.02. The van der Waals surface area contributed by atoms with E-state index in [-0.39, 0.29) is 44.2 Å². The smallest absolute Gasteiger partial charge is 0.344 e. The molecule has 0 unspecified atom stereocenters. The highest BCUT2D eigenvalue weighted by Gasteiger charge is 2.71. The number of hydrogen-bond acceptors (Lipinski definition) is 9. The number of carbonyl (C=O) groups excluding carboxylic acids is 2. The number of hydrogen-bond donors (Lipinski definition) is 3. The van der Waals surface area contributed by atoms with Gasteiger partial charge in [0.2, 0.25) is 0 Å². The van der Waals surface area contributed by atoms with Gasteiger partial charge >= 0.3 is 17.9 Å². The summed E-state index contributed by atoms with van der Waals surface area (Å²) >= 11 is 0. The number of aromatic hydroxyl groups is 1. The Bertz CT molecular complexity index is 1130. The van der Waals surface area contributed by atoms with Gasteiger partial charge in [0, 0.05) is 18.0 Å². The maximum atomic E-state index is 12.6. The summed E-state index contributed by atoms with van der Waals surface area (Å²) in [5, 5.41) is 31.7. The van der Waals surface area contributed by atoms with Gasteiger partial charge in [0.1, 0.15) is 5.76 Å². The first-order valence-corrected chi connectivity index (χ1v) is 11.9. The summed E-state index contributed by atoms with van der Waals surface area (Å²) < 4.78 is 16.7. The van der Waals surface area contributed by atoms with Crippen LogP contribution in [0.1, 0.15) is 57.6 Å². The highest BCUT2D eigenvalue weighted by molar-refractivity contribution is 5.81. The molecule has 1 aromatic rings. The fraction of sp³-hybridized carbons (Fsp3) is 0.577. The number of ether oxygens (including phenoxy) is 3. The summed E-state index contributed by atoms with van der Waals surface area (Å²) in [5.74, 6) is -2.24. The number of aliphatic hydroxyl groups is 1. The Hall–Kier alpha value is -3.11. The third kappa shape index (κ3) is 3.66. The molecule has 5 rings (SSSR count). The van der Waals surface area contributed by atoms with Crippen molar-refractivity contribution in [2.45, 2.75) is 82.1 Å². The van der Waals surface area contributed by atoms with Gasteiger partial charge in [-0.15, -0.1) is 0 Å². The van der Waals surface area contributed by atoms with Crippen LogP contribution in [0.25, 0.3) is 0 Å². The van der Waals surface area contributed by atoms with E-state index in [1.165, 1.54) is 6.92 Å². The second-order valence-corrected chi connectivity index (χ2v) is 9.90. The van der Waals surface area contributed by atoms with Crippen molar-refractivity contribution in [3.63, 3.8) is 0 Å². The zero-order valence-electron chi connectivity index (χ0n) is 19.7. The van der Waals surface area contributed by atoms with Crippen LogP contribution in [0.3, 0.4) is 0 Å². The quantitative estimate of drug-likeness (QED) is 0.494. The highest BCUT2D eigenvalue weighted by atomic mass is 16.6. The summed E-state index contributed by atoms with van der Waals surface area (Å²) in [6, 6.07) is 3.30. The van der Waals surface area contributed by atoms with Crippen LogP contribution in [-0.2, 0) is 35.7 Å². The van der Waals surface area contributed by atoms with Crippen molar-refractivity contribution < 1.29 is 43.9 Å². The molecule has 5 atom stereocenters. The molecule has 196 valence electrons. The standard InChI is InChI=1S/C25H29NO9.CH4/c1-13(23(30)31)33-18(28)6-7-19(29)34-16-8-10-25(32)17-12-14-4-5-15(27)21-20(14)24(25,22(16)35-21)9-3-11-26(17)2;/h4-5,8,13,17,22,27,32H,3,6-7,9-12H2,1-2H3,(H,30,31);1H4/t13-,17+,22-,24-,25+;/m0./s1. The molecule has 0 radical (unpaired) electrons. The largest absolute Gasteiger partial charge is 0.504 e. The van der Waals surface area contributed by atoms with Gasteiger partial charge in [-0.1, -0.05) is 13.5 Å². The predicted molar refractivity (Wildman–Crippen MR) is 126 cm³/mol. The molecule has 0 amide bonds. The third-order valence-electron chi connectivity index (χ3n) is 8.00. The number of carboxylic acid groups (broad SMARTS) is 1. The average Bonchev–Trinajstić information content (AvgIpc) is 3.14. The number of rotatable bonds is 6. The molecule has 10 nitrogen and oxygen atoms in total. The fourth-order valence-corrected chi connectivity index (χ4v) is 6.39. The van der Waals surface area contributed by atoms with Crippen LogP contribution in [0.5, 0.6) is 11.5 Å². The maximum absolute atomic E-state index is 12.6. The Morgan fingerprint density at radius 2 is 1.97 bits per heavy atom. The van der Waals surface area contributed by atoms with Crippen molar-refractivity contribution in [2.75, 3.05) is 13.6 Å². The van der Waals surface area contributed by atoms with E-state index in [2.05, 4.69) is 4.90 Å². The molecule has 4 aliphatic rings. The number of phenols is 1. The van der Waals surface area contributed by atoms with Crippen LogP contribution in [0.15, 0.2) is 24.0 Å². The van der Waals surface area contributed by atoms with Crippen molar-refractivity contribution in [3.05, 3.63) is 35.1 Å². The molecule has 0 aromatic heterocycles. The molecular weight excluding hydrogens is 470 g/mol. The van der Waals surface area contributed by atoms with E-state index >= 15 is 0 Å². The number of benzene rings is 1. The second kappa shape index (κ2) is 9.08. The van der Waals surface area contributed by atoms with Gasteiger partial charge in [-0.3, -0.25) is 9.59 Å². The topological polar surface area (TPSA) is 143 Å². The van der Waals surface area contributed by atoms with Gasteiger partial charge < -0.3 is 34.4 Å². The average molecular weight is 504 g/mol. The zero-order chi connectivity index (χ0) is 25.1. The van der Waals surface area contributed by atoms with Gasteiger partial charge in [0.25, 0.3) is 0 Å². The van der Waals surface area contributed by atoms with Crippen molar-refractivity contribution in [1.29, 1.82) is 0 Å². The van der Waals surface area contributed by atoms with Crippen LogP contribution in [0.4, 0.5) is 0 Å². The first-order chi connectivity index (χ1) is 16.6. The Balaban J connectivity index is 0.00000304. The zero-order valence-corrected chi connectivity index (χ0v) is 19.7. The normalized spacial score (nSPS) is 30.5. The van der Waals surface area contributed by atoms with Crippen molar-refractivity contribution in [1.82, 2.24) is 4.90 Å². The summed E-state index contributed by atoms with van der Waals surface area (Å²) in [7, 11) is 2.00. The molecule has 2 bridgehead atoms. The molecule has 0 saturated carbocycles. The Labute approximate surface area is 209 Å². The van der Waals surface area contributed by atoms with E-state index in [4.69, 9.17) is 19.3 Å². The summed E-state index contributed by atoms with van der Waals surface area (Å²) in [6.07, 6.45) is 1.17. The number of phenolic OH excluding ortho intramolecular Hbond substituents is 1. The lowest BCUT2D eigenvalue weighted by molar-refractivity contribution is -0.163. The molecule has 1 saturated heterocycles. The Morgan fingerprint density at radius 1 is 1.25 bits per heavy atom. The van der Waals surface area contributed by atoms with E-state index in [0.29, 0.717) is 18.6 Å². The van der Waals surface area contributed by atoms with E-state index in [0.717, 1.165) is 24.1 Å². The minimum absolute atomic E-state index is 0. The van der Waals surface area contributed by atoms with Gasteiger partial charge in [-0.25, -0.2) is 4.79 Å². The van der Waals surface area contributed by atoms with Crippen molar-refractivity contribution in [2.24, 2.45) is 0 Å². The lowest BCUT2D eigenvalue weighted by atomic mass is 9.52. The SMILES string of the molecule is C.C[C@H](OC(=O)CCC(=O)OC1=CC[C@@]2(O)[C@H]3Cc4ccc(O)c5c4[C@@]2(CCCN3C)[C@H]1O5)C(=O)O. The first kappa shape index (κ1) is 26.0. The molecule has 2 heterocycles. The van der Waals surface area contributed by atoms with Gasteiger partial charge in [0.05, 0.1) is 23.9 Å². The molecule has 2 aliphatic heterocycles.